The number of nitrogens with zero attached hydrogens (tertiary/aromatic N) is 2. The van der Waals surface area contributed by atoms with Gasteiger partial charge in [-0.25, -0.2) is 9.69 Å². The van der Waals surface area contributed by atoms with E-state index in [0.29, 0.717) is 11.4 Å². The normalized spacial score (nSPS) is 28.2. The lowest BCUT2D eigenvalue weighted by atomic mass is 9.77. The van der Waals surface area contributed by atoms with Crippen molar-refractivity contribution in [1.82, 2.24) is 4.90 Å². The molecule has 3 amide bonds. The van der Waals surface area contributed by atoms with E-state index in [1.54, 1.807) is 30.9 Å². The molecule has 0 bridgehead atoms. The minimum absolute atomic E-state index is 0.190. The molecule has 2 saturated heterocycles. The van der Waals surface area contributed by atoms with Gasteiger partial charge >= 0.3 is 12.0 Å². The van der Waals surface area contributed by atoms with Crippen LogP contribution < -0.4 is 9.64 Å². The van der Waals surface area contributed by atoms with Crippen molar-refractivity contribution >= 4 is 39.5 Å². The van der Waals surface area contributed by atoms with Crippen molar-refractivity contribution in [3.05, 3.63) is 58.1 Å². The number of esters is 1. The van der Waals surface area contributed by atoms with E-state index < -0.39 is 41.3 Å². The van der Waals surface area contributed by atoms with Crippen LogP contribution in [0.4, 0.5) is 10.5 Å². The standard InChI is InChI=1S/C24H23BrN2O5/c1-4-31-21(28)19-17-12-32-18-10-7-14(25)11-16(18)20(17)27-23(30)26(22(29)24(19,27)3)15-8-5-13(2)6-9-15/h5-11,17,19-20H,4,12H2,1-3H3/t17-,19+,20+,24+/m1/s1. The van der Waals surface area contributed by atoms with Gasteiger partial charge in [0.25, 0.3) is 5.91 Å². The molecule has 0 aliphatic carbocycles. The van der Waals surface area contributed by atoms with E-state index in [0.717, 1.165) is 15.6 Å². The first-order valence-corrected chi connectivity index (χ1v) is 11.4. The van der Waals surface area contributed by atoms with E-state index in [1.807, 2.05) is 37.3 Å². The number of carbonyl (C=O) groups excluding carboxylic acids is 3. The minimum Gasteiger partial charge on any atom is -0.493 e. The number of benzene rings is 2. The zero-order chi connectivity index (χ0) is 22.8. The van der Waals surface area contributed by atoms with Gasteiger partial charge in [0.05, 0.1) is 30.9 Å². The average Bonchev–Trinajstić information content (AvgIpc) is 3.14. The van der Waals surface area contributed by atoms with Crippen LogP contribution in [-0.2, 0) is 14.3 Å². The van der Waals surface area contributed by atoms with Crippen molar-refractivity contribution in [3.63, 3.8) is 0 Å². The van der Waals surface area contributed by atoms with Crippen LogP contribution in [0.3, 0.4) is 0 Å². The van der Waals surface area contributed by atoms with Gasteiger partial charge in [0, 0.05) is 16.0 Å². The molecule has 3 aliphatic rings. The first-order valence-electron chi connectivity index (χ1n) is 10.6. The summed E-state index contributed by atoms with van der Waals surface area (Å²) in [5.41, 5.74) is 0.909. The fourth-order valence-electron chi connectivity index (χ4n) is 5.39. The molecule has 0 spiro atoms. The van der Waals surface area contributed by atoms with Crippen LogP contribution >= 0.6 is 15.9 Å². The number of urea groups is 1. The van der Waals surface area contributed by atoms with Crippen LogP contribution in [0.5, 0.6) is 5.75 Å². The molecule has 7 nitrogen and oxygen atoms in total. The maximum atomic E-state index is 13.9. The molecule has 3 aliphatic heterocycles. The number of ether oxygens (including phenoxy) is 2. The lowest BCUT2D eigenvalue weighted by molar-refractivity contribution is -0.154. The number of anilines is 1. The number of amides is 3. The fourth-order valence-corrected chi connectivity index (χ4v) is 5.77. The number of hydrogen-bond acceptors (Lipinski definition) is 5. The van der Waals surface area contributed by atoms with Crippen LogP contribution in [0.2, 0.25) is 0 Å². The molecule has 0 N–H and O–H groups in total. The average molecular weight is 499 g/mol. The van der Waals surface area contributed by atoms with Gasteiger partial charge < -0.3 is 14.4 Å². The second kappa shape index (κ2) is 7.33. The van der Waals surface area contributed by atoms with Crippen LogP contribution in [0.25, 0.3) is 0 Å². The molecule has 8 heteroatoms. The quantitative estimate of drug-likeness (QED) is 0.467. The molecule has 0 saturated carbocycles. The van der Waals surface area contributed by atoms with Crippen molar-refractivity contribution in [3.8, 4) is 5.75 Å². The third kappa shape index (κ3) is 2.75. The van der Waals surface area contributed by atoms with Crippen LogP contribution in [0.1, 0.15) is 31.0 Å². The lowest BCUT2D eigenvalue weighted by Crippen LogP contribution is -2.51. The number of halogens is 1. The highest BCUT2D eigenvalue weighted by Crippen LogP contribution is 2.58. The third-order valence-electron chi connectivity index (χ3n) is 6.81. The number of aryl methyl sites for hydroxylation is 1. The third-order valence-corrected chi connectivity index (χ3v) is 7.30. The molecule has 2 aromatic carbocycles. The second-order valence-corrected chi connectivity index (χ2v) is 9.52. The zero-order valence-corrected chi connectivity index (χ0v) is 19.6. The molecule has 2 fully saturated rings. The van der Waals surface area contributed by atoms with E-state index in [4.69, 9.17) is 9.47 Å². The van der Waals surface area contributed by atoms with E-state index in [9.17, 15) is 14.4 Å². The molecule has 4 atom stereocenters. The van der Waals surface area contributed by atoms with Crippen molar-refractivity contribution in [2.24, 2.45) is 11.8 Å². The van der Waals surface area contributed by atoms with E-state index >= 15 is 0 Å². The Labute approximate surface area is 194 Å². The van der Waals surface area contributed by atoms with Crippen molar-refractivity contribution < 1.29 is 23.9 Å². The van der Waals surface area contributed by atoms with E-state index in [2.05, 4.69) is 15.9 Å². The molecular formula is C24H23BrN2O5. The lowest BCUT2D eigenvalue weighted by Gasteiger charge is -2.34. The Balaban J connectivity index is 1.69. The van der Waals surface area contributed by atoms with Crippen molar-refractivity contribution in [2.75, 3.05) is 18.1 Å². The summed E-state index contributed by atoms with van der Waals surface area (Å²) in [6.45, 7) is 5.76. The Morgan fingerprint density at radius 3 is 2.62 bits per heavy atom. The molecule has 0 radical (unpaired) electrons. The molecular weight excluding hydrogens is 476 g/mol. The Bertz CT molecular complexity index is 1130. The molecule has 0 aromatic heterocycles. The maximum Gasteiger partial charge on any atom is 0.332 e. The van der Waals surface area contributed by atoms with Crippen molar-refractivity contribution in [1.29, 1.82) is 0 Å². The van der Waals surface area contributed by atoms with E-state index in [1.165, 1.54) is 4.90 Å². The topological polar surface area (TPSA) is 76.2 Å². The summed E-state index contributed by atoms with van der Waals surface area (Å²) in [5.74, 6) is -1.49. The predicted octanol–water partition coefficient (Wildman–Crippen LogP) is 4.23. The summed E-state index contributed by atoms with van der Waals surface area (Å²) in [4.78, 5) is 43.6. The highest BCUT2D eigenvalue weighted by atomic mass is 79.9. The summed E-state index contributed by atoms with van der Waals surface area (Å²) >= 11 is 3.50. The summed E-state index contributed by atoms with van der Waals surface area (Å²) in [7, 11) is 0. The van der Waals surface area contributed by atoms with E-state index in [-0.39, 0.29) is 13.2 Å². The Morgan fingerprint density at radius 2 is 1.94 bits per heavy atom. The molecule has 32 heavy (non-hydrogen) atoms. The Morgan fingerprint density at radius 1 is 1.22 bits per heavy atom. The molecule has 166 valence electrons. The second-order valence-electron chi connectivity index (χ2n) is 8.61. The van der Waals surface area contributed by atoms with Gasteiger partial charge in [0.15, 0.2) is 0 Å². The zero-order valence-electron chi connectivity index (χ0n) is 18.0. The smallest absolute Gasteiger partial charge is 0.332 e. The van der Waals surface area contributed by atoms with Crippen LogP contribution in [-0.4, -0.2) is 41.6 Å². The predicted molar refractivity (Wildman–Crippen MR) is 120 cm³/mol. The van der Waals surface area contributed by atoms with Gasteiger partial charge in [-0.3, -0.25) is 9.59 Å². The summed E-state index contributed by atoms with van der Waals surface area (Å²) in [5, 5.41) is 0. The number of rotatable bonds is 3. The number of hydrogen-bond donors (Lipinski definition) is 0. The van der Waals surface area contributed by atoms with Gasteiger partial charge in [0.2, 0.25) is 0 Å². The highest BCUT2D eigenvalue weighted by Gasteiger charge is 2.72. The van der Waals surface area contributed by atoms with Gasteiger partial charge in [-0.2, -0.15) is 0 Å². The fraction of sp³-hybridized carbons (Fsp3) is 0.375. The maximum absolute atomic E-state index is 13.9. The molecule has 3 heterocycles. The Hall–Kier alpha value is -2.87. The van der Waals surface area contributed by atoms with Gasteiger partial charge in [-0.1, -0.05) is 33.6 Å². The van der Waals surface area contributed by atoms with Crippen LogP contribution in [0, 0.1) is 18.8 Å². The molecule has 5 rings (SSSR count). The van der Waals surface area contributed by atoms with Gasteiger partial charge in [-0.05, 0) is 51.1 Å². The molecule has 0 unspecified atom stereocenters. The first kappa shape index (κ1) is 21.0. The van der Waals surface area contributed by atoms with Gasteiger partial charge in [-0.15, -0.1) is 0 Å². The summed E-state index contributed by atoms with van der Waals surface area (Å²) in [6, 6.07) is 11.9. The largest absolute Gasteiger partial charge is 0.493 e. The SMILES string of the molecule is CCOC(=O)[C@@H]1[C@H]2COc3ccc(Br)cc3[C@@H]2N2C(=O)N(c3ccc(C)cc3)C(=O)[C@]12C. The number of carbonyl (C=O) groups is 3. The van der Waals surface area contributed by atoms with Gasteiger partial charge in [0.1, 0.15) is 11.3 Å². The Kier molecular flexibility index (Phi) is 4.81. The number of imide groups is 1. The van der Waals surface area contributed by atoms with Crippen LogP contribution in [0.15, 0.2) is 46.9 Å². The molecule has 2 aromatic rings. The highest BCUT2D eigenvalue weighted by molar-refractivity contribution is 9.10. The van der Waals surface area contributed by atoms with Crippen molar-refractivity contribution in [2.45, 2.75) is 32.4 Å². The first-order chi connectivity index (χ1) is 15.3. The number of fused-ring (bicyclic) bond motifs is 5. The minimum atomic E-state index is -1.38. The summed E-state index contributed by atoms with van der Waals surface area (Å²) < 4.78 is 12.2. The summed E-state index contributed by atoms with van der Waals surface area (Å²) in [6.07, 6.45) is 0. The monoisotopic (exact) mass is 498 g/mol.